The van der Waals surface area contributed by atoms with Crippen LogP contribution in [0.25, 0.3) is 0 Å². The van der Waals surface area contributed by atoms with Crippen molar-refractivity contribution < 1.29 is 9.66 Å². The number of nitrogens with zero attached hydrogens (tertiary/aromatic N) is 2. The van der Waals surface area contributed by atoms with Gasteiger partial charge >= 0.3 is 0 Å². The van der Waals surface area contributed by atoms with Crippen molar-refractivity contribution in [3.63, 3.8) is 0 Å². The molecule has 2 heterocycles. The number of anilines is 1. The van der Waals surface area contributed by atoms with Gasteiger partial charge in [0.15, 0.2) is 0 Å². The first-order valence-electron chi connectivity index (χ1n) is 6.71. The average Bonchev–Trinajstić information content (AvgIpc) is 2.91. The number of benzene rings is 1. The van der Waals surface area contributed by atoms with E-state index in [2.05, 4.69) is 4.90 Å². The largest absolute Gasteiger partial charge is 0.487 e. The molecule has 1 aromatic rings. The summed E-state index contributed by atoms with van der Waals surface area (Å²) >= 11 is 0. The number of ether oxygens (including phenoxy) is 1. The summed E-state index contributed by atoms with van der Waals surface area (Å²) in [6.07, 6.45) is 2.92. The molecule has 0 bridgehead atoms. The molecular formula is C14H18N2O3. The maximum absolute atomic E-state index is 11.3. The number of hydrogen-bond acceptors (Lipinski definition) is 4. The minimum absolute atomic E-state index is 0.210. The van der Waals surface area contributed by atoms with E-state index < -0.39 is 0 Å². The molecule has 3 rings (SSSR count). The van der Waals surface area contributed by atoms with Gasteiger partial charge in [-0.3, -0.25) is 10.1 Å². The van der Waals surface area contributed by atoms with Gasteiger partial charge in [-0.1, -0.05) is 0 Å². The van der Waals surface area contributed by atoms with Crippen LogP contribution in [0, 0.1) is 10.1 Å². The lowest BCUT2D eigenvalue weighted by Crippen LogP contribution is -2.24. The molecule has 0 unspecified atom stereocenters. The van der Waals surface area contributed by atoms with Crippen LogP contribution in [0.2, 0.25) is 0 Å². The van der Waals surface area contributed by atoms with Crippen LogP contribution in [0.1, 0.15) is 32.3 Å². The number of nitro benzene ring substituents is 1. The van der Waals surface area contributed by atoms with Gasteiger partial charge in [0.2, 0.25) is 0 Å². The van der Waals surface area contributed by atoms with E-state index in [9.17, 15) is 10.1 Å². The van der Waals surface area contributed by atoms with Crippen LogP contribution >= 0.6 is 0 Å². The highest BCUT2D eigenvalue weighted by atomic mass is 16.6. The molecule has 0 radical (unpaired) electrons. The van der Waals surface area contributed by atoms with E-state index in [1.54, 1.807) is 6.07 Å². The molecule has 2 aliphatic rings. The normalized spacial score (nSPS) is 20.2. The molecule has 5 heteroatoms. The van der Waals surface area contributed by atoms with Crippen molar-refractivity contribution >= 4 is 11.4 Å². The molecule has 1 saturated heterocycles. The maximum Gasteiger partial charge on any atom is 0.293 e. The first kappa shape index (κ1) is 12.3. The summed E-state index contributed by atoms with van der Waals surface area (Å²) in [6.45, 7) is 5.80. The molecule has 0 aliphatic carbocycles. The molecule has 19 heavy (non-hydrogen) atoms. The first-order valence-corrected chi connectivity index (χ1v) is 6.71. The molecule has 0 N–H and O–H groups in total. The third-order valence-electron chi connectivity index (χ3n) is 3.80. The molecule has 0 aromatic heterocycles. The third kappa shape index (κ3) is 2.13. The van der Waals surface area contributed by atoms with Crippen molar-refractivity contribution in [2.24, 2.45) is 0 Å². The first-order chi connectivity index (χ1) is 8.96. The Balaban J connectivity index is 2.06. The summed E-state index contributed by atoms with van der Waals surface area (Å²) < 4.78 is 5.88. The van der Waals surface area contributed by atoms with E-state index in [1.165, 1.54) is 0 Å². The average molecular weight is 262 g/mol. The van der Waals surface area contributed by atoms with Gasteiger partial charge in [0, 0.05) is 37.2 Å². The fourth-order valence-electron chi connectivity index (χ4n) is 2.98. The predicted octanol–water partition coefficient (Wildman–Crippen LogP) is 2.91. The molecule has 1 fully saturated rings. The van der Waals surface area contributed by atoms with Crippen molar-refractivity contribution in [1.29, 1.82) is 0 Å². The van der Waals surface area contributed by atoms with Crippen LogP contribution in [-0.2, 0) is 6.42 Å². The second kappa shape index (κ2) is 4.11. The van der Waals surface area contributed by atoms with Gasteiger partial charge in [-0.2, -0.15) is 0 Å². The number of fused-ring (bicyclic) bond motifs is 1. The number of nitro groups is 1. The lowest BCUT2D eigenvalue weighted by molar-refractivity contribution is -0.384. The van der Waals surface area contributed by atoms with Gasteiger partial charge in [0.05, 0.1) is 4.92 Å². The maximum atomic E-state index is 11.3. The van der Waals surface area contributed by atoms with Crippen LogP contribution in [0.15, 0.2) is 12.1 Å². The standard InChI is InChI=1S/C14H18N2O3/c1-14(2)9-10-7-12(16(17)18)11(8-13(10)19-14)15-5-3-4-6-15/h7-8H,3-6,9H2,1-2H3. The van der Waals surface area contributed by atoms with Crippen LogP contribution in [-0.4, -0.2) is 23.6 Å². The lowest BCUT2D eigenvalue weighted by atomic mass is 10.0. The summed E-state index contributed by atoms with van der Waals surface area (Å²) in [5.41, 5.74) is 1.60. The van der Waals surface area contributed by atoms with Gasteiger partial charge in [-0.15, -0.1) is 0 Å². The highest BCUT2D eigenvalue weighted by Crippen LogP contribution is 2.42. The lowest BCUT2D eigenvalue weighted by Gasteiger charge is -2.19. The Morgan fingerprint density at radius 1 is 1.32 bits per heavy atom. The van der Waals surface area contributed by atoms with E-state index in [0.29, 0.717) is 5.69 Å². The predicted molar refractivity (Wildman–Crippen MR) is 73.0 cm³/mol. The number of hydrogen-bond donors (Lipinski definition) is 0. The SMILES string of the molecule is CC1(C)Cc2cc([N+](=O)[O-])c(N3CCCC3)cc2O1. The quantitative estimate of drug-likeness (QED) is 0.607. The van der Waals surface area contributed by atoms with E-state index in [0.717, 1.165) is 43.7 Å². The van der Waals surface area contributed by atoms with E-state index in [4.69, 9.17) is 4.74 Å². The summed E-state index contributed by atoms with van der Waals surface area (Å²) in [5.74, 6) is 0.803. The van der Waals surface area contributed by atoms with E-state index >= 15 is 0 Å². The molecule has 0 amide bonds. The van der Waals surface area contributed by atoms with Crippen molar-refractivity contribution in [1.82, 2.24) is 0 Å². The molecule has 0 spiro atoms. The summed E-state index contributed by atoms with van der Waals surface area (Å²) in [6, 6.07) is 3.55. The fourth-order valence-corrected chi connectivity index (χ4v) is 2.98. The highest BCUT2D eigenvalue weighted by Gasteiger charge is 2.34. The summed E-state index contributed by atoms with van der Waals surface area (Å²) in [7, 11) is 0. The smallest absolute Gasteiger partial charge is 0.293 e. The Kier molecular flexibility index (Phi) is 2.66. The van der Waals surface area contributed by atoms with Crippen LogP contribution in [0.4, 0.5) is 11.4 Å². The molecule has 2 aliphatic heterocycles. The molecule has 0 atom stereocenters. The second-order valence-corrected chi connectivity index (χ2v) is 5.94. The van der Waals surface area contributed by atoms with Gasteiger partial charge in [0.1, 0.15) is 17.0 Å². The summed E-state index contributed by atoms with van der Waals surface area (Å²) in [5, 5.41) is 11.3. The van der Waals surface area contributed by atoms with Gasteiger partial charge in [0.25, 0.3) is 5.69 Å². The van der Waals surface area contributed by atoms with E-state index in [-0.39, 0.29) is 16.2 Å². The van der Waals surface area contributed by atoms with Gasteiger partial charge in [-0.05, 0) is 26.7 Å². The Morgan fingerprint density at radius 3 is 2.63 bits per heavy atom. The molecular weight excluding hydrogens is 244 g/mol. The Labute approximate surface area is 112 Å². The molecule has 0 saturated carbocycles. The minimum Gasteiger partial charge on any atom is -0.487 e. The zero-order chi connectivity index (χ0) is 13.6. The van der Waals surface area contributed by atoms with Crippen molar-refractivity contribution in [3.8, 4) is 5.75 Å². The Bertz CT molecular complexity index is 534. The van der Waals surface area contributed by atoms with Gasteiger partial charge in [-0.25, -0.2) is 0 Å². The van der Waals surface area contributed by atoms with Crippen LogP contribution < -0.4 is 9.64 Å². The summed E-state index contributed by atoms with van der Waals surface area (Å²) in [4.78, 5) is 13.1. The third-order valence-corrected chi connectivity index (χ3v) is 3.80. The van der Waals surface area contributed by atoms with E-state index in [1.807, 2.05) is 19.9 Å². The molecule has 1 aromatic carbocycles. The topological polar surface area (TPSA) is 55.6 Å². The minimum atomic E-state index is -0.279. The molecule has 5 nitrogen and oxygen atoms in total. The van der Waals surface area contributed by atoms with Gasteiger partial charge < -0.3 is 9.64 Å². The van der Waals surface area contributed by atoms with Crippen molar-refractivity contribution in [3.05, 3.63) is 27.8 Å². The Morgan fingerprint density at radius 2 is 2.00 bits per heavy atom. The zero-order valence-corrected chi connectivity index (χ0v) is 11.3. The second-order valence-electron chi connectivity index (χ2n) is 5.94. The fraction of sp³-hybridized carbons (Fsp3) is 0.571. The molecule has 102 valence electrons. The van der Waals surface area contributed by atoms with Crippen molar-refractivity contribution in [2.75, 3.05) is 18.0 Å². The zero-order valence-electron chi connectivity index (χ0n) is 11.3. The van der Waals surface area contributed by atoms with Crippen molar-refractivity contribution in [2.45, 2.75) is 38.7 Å². The number of rotatable bonds is 2. The monoisotopic (exact) mass is 262 g/mol. The van der Waals surface area contributed by atoms with Crippen LogP contribution in [0.3, 0.4) is 0 Å². The Hall–Kier alpha value is -1.78. The highest BCUT2D eigenvalue weighted by molar-refractivity contribution is 5.69. The van der Waals surface area contributed by atoms with Crippen LogP contribution in [0.5, 0.6) is 5.75 Å².